The van der Waals surface area contributed by atoms with E-state index in [2.05, 4.69) is 51.2 Å². The Kier molecular flexibility index (Phi) is 8.80. The summed E-state index contributed by atoms with van der Waals surface area (Å²) in [6.45, 7) is 13.3. The Morgan fingerprint density at radius 3 is 2.58 bits per heavy atom. The van der Waals surface area contributed by atoms with E-state index in [1.165, 1.54) is 36.0 Å². The number of hydrogen-bond acceptors (Lipinski definition) is 2. The Balaban J connectivity index is 2.62. The summed E-state index contributed by atoms with van der Waals surface area (Å²) in [5.74, 6) is -0.130. The predicted octanol–water partition coefficient (Wildman–Crippen LogP) is 4.98. The smallest absolute Gasteiger partial charge is 0.236 e. The van der Waals surface area contributed by atoms with E-state index in [1.54, 1.807) is 6.92 Å². The molecule has 0 aliphatic heterocycles. The standard InChI is InChI=1S/C23H36N2O/c1-17(12-13-21-19(3)11-8-15-23(21,5)6)9-7-10-18(2)14-16-25-22(26)20(4)24/h7,9-10,12-14,20H,8,11,15-16,24H2,1-6H3,(H,25,26). The zero-order valence-electron chi connectivity index (χ0n) is 17.4. The molecule has 0 saturated heterocycles. The number of amides is 1. The molecule has 0 bridgehead atoms. The lowest BCUT2D eigenvalue weighted by molar-refractivity contribution is -0.121. The van der Waals surface area contributed by atoms with Crippen molar-refractivity contribution in [3.05, 3.63) is 58.7 Å². The van der Waals surface area contributed by atoms with Crippen molar-refractivity contribution in [1.29, 1.82) is 0 Å². The highest BCUT2D eigenvalue weighted by Crippen LogP contribution is 2.40. The molecule has 3 nitrogen and oxygen atoms in total. The first-order valence-electron chi connectivity index (χ1n) is 9.57. The molecular formula is C23H36N2O. The molecule has 0 aromatic heterocycles. The van der Waals surface area contributed by atoms with Gasteiger partial charge in [0.2, 0.25) is 5.91 Å². The second-order valence-electron chi connectivity index (χ2n) is 8.02. The molecule has 1 unspecified atom stereocenters. The van der Waals surface area contributed by atoms with Crippen molar-refractivity contribution in [3.8, 4) is 0 Å². The van der Waals surface area contributed by atoms with Crippen molar-refractivity contribution >= 4 is 5.91 Å². The second-order valence-corrected chi connectivity index (χ2v) is 8.02. The van der Waals surface area contributed by atoms with E-state index >= 15 is 0 Å². The average Bonchev–Trinajstić information content (AvgIpc) is 2.53. The molecule has 0 aromatic carbocycles. The molecule has 0 heterocycles. The van der Waals surface area contributed by atoms with Crippen LogP contribution in [0.25, 0.3) is 0 Å². The van der Waals surface area contributed by atoms with Gasteiger partial charge in [-0.25, -0.2) is 0 Å². The van der Waals surface area contributed by atoms with Gasteiger partial charge >= 0.3 is 0 Å². The highest BCUT2D eigenvalue weighted by atomic mass is 16.2. The fourth-order valence-electron chi connectivity index (χ4n) is 3.17. The van der Waals surface area contributed by atoms with Gasteiger partial charge in [-0.2, -0.15) is 0 Å². The van der Waals surface area contributed by atoms with Gasteiger partial charge in [0.05, 0.1) is 6.04 Å². The summed E-state index contributed by atoms with van der Waals surface area (Å²) < 4.78 is 0. The van der Waals surface area contributed by atoms with Crippen LogP contribution in [0.5, 0.6) is 0 Å². The number of allylic oxidation sites excluding steroid dienone is 9. The summed E-state index contributed by atoms with van der Waals surface area (Å²) in [5, 5.41) is 2.77. The van der Waals surface area contributed by atoms with Gasteiger partial charge in [-0.1, -0.05) is 67.0 Å². The first kappa shape index (κ1) is 22.2. The Hall–Kier alpha value is -1.87. The van der Waals surface area contributed by atoms with Crippen molar-refractivity contribution in [2.45, 2.75) is 66.8 Å². The van der Waals surface area contributed by atoms with Crippen molar-refractivity contribution in [3.63, 3.8) is 0 Å². The third-order valence-corrected chi connectivity index (χ3v) is 4.89. The first-order valence-corrected chi connectivity index (χ1v) is 9.57. The lowest BCUT2D eigenvalue weighted by Gasteiger charge is -2.32. The van der Waals surface area contributed by atoms with Crippen LogP contribution >= 0.6 is 0 Å². The van der Waals surface area contributed by atoms with Crippen LogP contribution in [-0.4, -0.2) is 18.5 Å². The van der Waals surface area contributed by atoms with Crippen LogP contribution in [0.15, 0.2) is 58.7 Å². The van der Waals surface area contributed by atoms with E-state index in [-0.39, 0.29) is 11.3 Å². The number of carbonyl (C=O) groups excluding carboxylic acids is 1. The lowest BCUT2D eigenvalue weighted by atomic mass is 9.72. The number of carbonyl (C=O) groups is 1. The third-order valence-electron chi connectivity index (χ3n) is 4.89. The van der Waals surface area contributed by atoms with Crippen LogP contribution in [-0.2, 0) is 4.79 Å². The molecule has 3 heteroatoms. The minimum absolute atomic E-state index is 0.130. The molecule has 0 aromatic rings. The molecule has 1 rings (SSSR count). The van der Waals surface area contributed by atoms with Gasteiger partial charge in [-0.15, -0.1) is 0 Å². The van der Waals surface area contributed by atoms with E-state index in [4.69, 9.17) is 5.73 Å². The van der Waals surface area contributed by atoms with E-state index < -0.39 is 6.04 Å². The summed E-state index contributed by atoms with van der Waals surface area (Å²) >= 11 is 0. The molecule has 26 heavy (non-hydrogen) atoms. The Labute approximate surface area is 159 Å². The van der Waals surface area contributed by atoms with Gasteiger partial charge in [0.25, 0.3) is 0 Å². The molecule has 1 aliphatic carbocycles. The maximum atomic E-state index is 11.4. The SMILES string of the molecule is CC(C=CC1=C(C)CCCC1(C)C)=CC=CC(C)=CCNC(=O)C(C)N. The maximum Gasteiger partial charge on any atom is 0.236 e. The summed E-state index contributed by atoms with van der Waals surface area (Å²) in [6.07, 6.45) is 16.5. The molecule has 1 aliphatic rings. The van der Waals surface area contributed by atoms with Gasteiger partial charge in [0.15, 0.2) is 0 Å². The van der Waals surface area contributed by atoms with Crippen LogP contribution in [0.1, 0.15) is 60.8 Å². The number of rotatable bonds is 7. The zero-order valence-corrected chi connectivity index (χ0v) is 17.4. The van der Waals surface area contributed by atoms with E-state index in [9.17, 15) is 4.79 Å². The van der Waals surface area contributed by atoms with Gasteiger partial charge in [-0.3, -0.25) is 4.79 Å². The van der Waals surface area contributed by atoms with Gasteiger partial charge in [0.1, 0.15) is 0 Å². The quantitative estimate of drug-likeness (QED) is 0.632. The topological polar surface area (TPSA) is 55.1 Å². The molecule has 0 spiro atoms. The second kappa shape index (κ2) is 10.3. The molecule has 0 radical (unpaired) electrons. The molecule has 3 N–H and O–H groups in total. The van der Waals surface area contributed by atoms with Crippen LogP contribution in [0, 0.1) is 5.41 Å². The highest BCUT2D eigenvalue weighted by Gasteiger charge is 2.26. The summed E-state index contributed by atoms with van der Waals surface area (Å²) in [6, 6.07) is -0.468. The third kappa shape index (κ3) is 7.57. The van der Waals surface area contributed by atoms with E-state index in [0.717, 1.165) is 5.57 Å². The Bertz CT molecular complexity index is 643. The lowest BCUT2D eigenvalue weighted by Crippen LogP contribution is -2.38. The fourth-order valence-corrected chi connectivity index (χ4v) is 3.17. The molecule has 0 fully saturated rings. The van der Waals surface area contributed by atoms with Gasteiger partial charge in [0, 0.05) is 6.54 Å². The van der Waals surface area contributed by atoms with Crippen LogP contribution in [0.2, 0.25) is 0 Å². The summed E-state index contributed by atoms with van der Waals surface area (Å²) in [4.78, 5) is 11.4. The number of hydrogen-bond donors (Lipinski definition) is 2. The van der Waals surface area contributed by atoms with Crippen molar-refractivity contribution < 1.29 is 4.79 Å². The number of nitrogens with one attached hydrogen (secondary N) is 1. The maximum absolute atomic E-state index is 11.4. The molecular weight excluding hydrogens is 320 g/mol. The average molecular weight is 357 g/mol. The Morgan fingerprint density at radius 1 is 1.27 bits per heavy atom. The van der Waals surface area contributed by atoms with Crippen molar-refractivity contribution in [2.24, 2.45) is 11.1 Å². The summed E-state index contributed by atoms with van der Waals surface area (Å²) in [5.41, 5.74) is 11.1. The number of nitrogens with two attached hydrogens (primary N) is 1. The molecule has 1 amide bonds. The molecule has 144 valence electrons. The normalized spacial score (nSPS) is 20.1. The van der Waals surface area contributed by atoms with Crippen molar-refractivity contribution in [1.82, 2.24) is 5.32 Å². The predicted molar refractivity (Wildman–Crippen MR) is 113 cm³/mol. The van der Waals surface area contributed by atoms with Gasteiger partial charge < -0.3 is 11.1 Å². The molecule has 1 atom stereocenters. The van der Waals surface area contributed by atoms with Crippen LogP contribution < -0.4 is 11.1 Å². The van der Waals surface area contributed by atoms with E-state index in [1.807, 2.05) is 25.2 Å². The fraction of sp³-hybridized carbons (Fsp3) is 0.522. The van der Waals surface area contributed by atoms with Crippen molar-refractivity contribution in [2.75, 3.05) is 6.54 Å². The minimum atomic E-state index is -0.468. The van der Waals surface area contributed by atoms with Gasteiger partial charge in [-0.05, 0) is 57.9 Å². The summed E-state index contributed by atoms with van der Waals surface area (Å²) in [7, 11) is 0. The largest absolute Gasteiger partial charge is 0.351 e. The van der Waals surface area contributed by atoms with Crippen LogP contribution in [0.4, 0.5) is 0 Å². The molecule has 0 saturated carbocycles. The zero-order chi connectivity index (χ0) is 19.7. The van der Waals surface area contributed by atoms with Crippen LogP contribution in [0.3, 0.4) is 0 Å². The monoisotopic (exact) mass is 356 g/mol. The minimum Gasteiger partial charge on any atom is -0.351 e. The highest BCUT2D eigenvalue weighted by molar-refractivity contribution is 5.81. The first-order chi connectivity index (χ1) is 12.1. The van der Waals surface area contributed by atoms with E-state index in [0.29, 0.717) is 6.54 Å². The Morgan fingerprint density at radius 2 is 1.96 bits per heavy atom.